The van der Waals surface area contributed by atoms with Crippen molar-refractivity contribution in [3.63, 3.8) is 0 Å². The normalized spacial score (nSPS) is 18.9. The SMILES string of the molecule is CC(C(=O)N1CCCC(C(=O)NCCN)C1)c1ccc(Br)s1.Cl. The van der Waals surface area contributed by atoms with Gasteiger partial charge in [0.05, 0.1) is 15.6 Å². The van der Waals surface area contributed by atoms with Crippen molar-refractivity contribution in [1.29, 1.82) is 0 Å². The fraction of sp³-hybridized carbons (Fsp3) is 0.600. The van der Waals surface area contributed by atoms with E-state index in [1.54, 1.807) is 11.3 Å². The molecular formula is C15H23BrClN3O2S. The Hall–Kier alpha value is -0.630. The highest BCUT2D eigenvalue weighted by atomic mass is 79.9. The smallest absolute Gasteiger partial charge is 0.230 e. The summed E-state index contributed by atoms with van der Waals surface area (Å²) in [7, 11) is 0. The lowest BCUT2D eigenvalue weighted by atomic mass is 9.95. The Balaban J connectivity index is 0.00000264. The number of hydrogen-bond acceptors (Lipinski definition) is 4. The molecular weight excluding hydrogens is 402 g/mol. The summed E-state index contributed by atoms with van der Waals surface area (Å²) in [5.74, 6) is -0.172. The Labute approximate surface area is 155 Å². The van der Waals surface area contributed by atoms with Crippen molar-refractivity contribution in [2.75, 3.05) is 26.2 Å². The second-order valence-corrected chi connectivity index (χ2v) is 8.06. The lowest BCUT2D eigenvalue weighted by Gasteiger charge is -2.33. The van der Waals surface area contributed by atoms with Crippen LogP contribution in [0.1, 0.15) is 30.6 Å². The fourth-order valence-electron chi connectivity index (χ4n) is 2.69. The second kappa shape index (κ2) is 9.61. The van der Waals surface area contributed by atoms with Gasteiger partial charge in [-0.3, -0.25) is 9.59 Å². The highest BCUT2D eigenvalue weighted by Gasteiger charge is 2.31. The molecule has 0 saturated carbocycles. The first-order valence-corrected chi connectivity index (χ1v) is 9.15. The molecule has 1 aromatic rings. The molecule has 1 fully saturated rings. The van der Waals surface area contributed by atoms with E-state index >= 15 is 0 Å². The van der Waals surface area contributed by atoms with Crippen molar-refractivity contribution in [2.24, 2.45) is 11.7 Å². The zero-order chi connectivity index (χ0) is 16.1. The van der Waals surface area contributed by atoms with Gasteiger partial charge in [0.15, 0.2) is 0 Å². The van der Waals surface area contributed by atoms with Gasteiger partial charge in [-0.05, 0) is 47.8 Å². The molecule has 0 radical (unpaired) electrons. The standard InChI is InChI=1S/C15H22BrN3O2S.ClH/c1-10(12-4-5-13(16)22-12)15(21)19-8-2-3-11(9-19)14(20)18-7-6-17;/h4-5,10-11H,2-3,6-9,17H2,1H3,(H,18,20);1H. The molecule has 5 nitrogen and oxygen atoms in total. The highest BCUT2D eigenvalue weighted by molar-refractivity contribution is 9.11. The number of rotatable bonds is 5. The van der Waals surface area contributed by atoms with Crippen molar-refractivity contribution in [1.82, 2.24) is 10.2 Å². The number of halogens is 2. The van der Waals surface area contributed by atoms with Crippen LogP contribution in [0.4, 0.5) is 0 Å². The van der Waals surface area contributed by atoms with E-state index in [2.05, 4.69) is 21.2 Å². The maximum Gasteiger partial charge on any atom is 0.230 e. The van der Waals surface area contributed by atoms with Crippen LogP contribution in [0, 0.1) is 5.92 Å². The Morgan fingerprint density at radius 1 is 1.52 bits per heavy atom. The molecule has 0 spiro atoms. The van der Waals surface area contributed by atoms with Crippen molar-refractivity contribution < 1.29 is 9.59 Å². The summed E-state index contributed by atoms with van der Waals surface area (Å²) in [6, 6.07) is 3.94. The predicted octanol–water partition coefficient (Wildman–Crippen LogP) is 2.35. The number of nitrogens with two attached hydrogens (primary N) is 1. The summed E-state index contributed by atoms with van der Waals surface area (Å²) < 4.78 is 1.03. The molecule has 23 heavy (non-hydrogen) atoms. The summed E-state index contributed by atoms with van der Waals surface area (Å²) in [5, 5.41) is 2.82. The minimum atomic E-state index is -0.165. The average molecular weight is 425 g/mol. The molecule has 0 bridgehead atoms. The van der Waals surface area contributed by atoms with E-state index in [4.69, 9.17) is 5.73 Å². The molecule has 2 heterocycles. The van der Waals surface area contributed by atoms with Gasteiger partial charge in [0.2, 0.25) is 11.8 Å². The number of nitrogens with one attached hydrogen (secondary N) is 1. The number of nitrogens with zero attached hydrogens (tertiary/aromatic N) is 1. The second-order valence-electron chi connectivity index (χ2n) is 5.57. The van der Waals surface area contributed by atoms with E-state index < -0.39 is 0 Å². The van der Waals surface area contributed by atoms with E-state index in [1.165, 1.54) is 0 Å². The van der Waals surface area contributed by atoms with Gasteiger partial charge in [-0.1, -0.05) is 0 Å². The lowest BCUT2D eigenvalue weighted by Crippen LogP contribution is -2.47. The van der Waals surface area contributed by atoms with Gasteiger partial charge in [-0.15, -0.1) is 23.7 Å². The zero-order valence-corrected chi connectivity index (χ0v) is 16.3. The van der Waals surface area contributed by atoms with Crippen molar-refractivity contribution >= 4 is 51.5 Å². The van der Waals surface area contributed by atoms with Crippen LogP contribution < -0.4 is 11.1 Å². The molecule has 3 N–H and O–H groups in total. The number of amides is 2. The van der Waals surface area contributed by atoms with Gasteiger partial charge in [0.25, 0.3) is 0 Å². The van der Waals surface area contributed by atoms with Gasteiger partial charge >= 0.3 is 0 Å². The van der Waals surface area contributed by atoms with E-state index in [1.807, 2.05) is 24.0 Å². The Kier molecular flexibility index (Phi) is 8.53. The first-order valence-electron chi connectivity index (χ1n) is 7.54. The van der Waals surface area contributed by atoms with Crippen LogP contribution in [-0.2, 0) is 9.59 Å². The summed E-state index contributed by atoms with van der Waals surface area (Å²) in [6.45, 7) is 4.09. The lowest BCUT2D eigenvalue weighted by molar-refractivity contribution is -0.136. The molecule has 1 aliphatic rings. The zero-order valence-electron chi connectivity index (χ0n) is 13.1. The van der Waals surface area contributed by atoms with Gasteiger partial charge < -0.3 is 16.0 Å². The molecule has 2 unspecified atom stereocenters. The average Bonchev–Trinajstić information content (AvgIpc) is 2.97. The number of likely N-dealkylation sites (tertiary alicyclic amines) is 1. The summed E-state index contributed by atoms with van der Waals surface area (Å²) >= 11 is 5.01. The third kappa shape index (κ3) is 5.45. The Morgan fingerprint density at radius 2 is 2.26 bits per heavy atom. The van der Waals surface area contributed by atoms with Crippen LogP contribution in [0.5, 0.6) is 0 Å². The van der Waals surface area contributed by atoms with Gasteiger partial charge in [-0.2, -0.15) is 0 Å². The molecule has 2 rings (SSSR count). The fourth-order valence-corrected chi connectivity index (χ4v) is 4.16. The van der Waals surface area contributed by atoms with Crippen LogP contribution in [0.3, 0.4) is 0 Å². The monoisotopic (exact) mass is 423 g/mol. The van der Waals surface area contributed by atoms with E-state index in [0.29, 0.717) is 19.6 Å². The van der Waals surface area contributed by atoms with Gasteiger partial charge in [-0.25, -0.2) is 0 Å². The maximum atomic E-state index is 12.7. The number of carbonyl (C=O) groups is 2. The van der Waals surface area contributed by atoms with Crippen LogP contribution in [0.2, 0.25) is 0 Å². The topological polar surface area (TPSA) is 75.4 Å². The summed E-state index contributed by atoms with van der Waals surface area (Å²) in [6.07, 6.45) is 1.70. The number of thiophene rings is 1. The molecule has 1 aliphatic heterocycles. The Bertz CT molecular complexity index is 541. The number of hydrogen-bond donors (Lipinski definition) is 2. The van der Waals surface area contributed by atoms with E-state index in [-0.39, 0.29) is 36.1 Å². The minimum absolute atomic E-state index is 0. The third-order valence-electron chi connectivity index (χ3n) is 3.94. The first kappa shape index (κ1) is 20.4. The van der Waals surface area contributed by atoms with E-state index in [9.17, 15) is 9.59 Å². The van der Waals surface area contributed by atoms with Crippen molar-refractivity contribution in [3.05, 3.63) is 20.8 Å². The minimum Gasteiger partial charge on any atom is -0.355 e. The van der Waals surface area contributed by atoms with Crippen LogP contribution in [0.25, 0.3) is 0 Å². The quantitative estimate of drug-likeness (QED) is 0.762. The summed E-state index contributed by atoms with van der Waals surface area (Å²) in [5.41, 5.74) is 5.41. The maximum absolute atomic E-state index is 12.7. The predicted molar refractivity (Wildman–Crippen MR) is 99.1 cm³/mol. The molecule has 0 aliphatic carbocycles. The number of carbonyl (C=O) groups excluding carboxylic acids is 2. The molecule has 2 atom stereocenters. The molecule has 1 aromatic heterocycles. The first-order chi connectivity index (χ1) is 10.5. The largest absolute Gasteiger partial charge is 0.355 e. The van der Waals surface area contributed by atoms with Crippen LogP contribution in [-0.4, -0.2) is 42.9 Å². The van der Waals surface area contributed by atoms with Crippen LogP contribution in [0.15, 0.2) is 15.9 Å². The Morgan fingerprint density at radius 3 is 2.87 bits per heavy atom. The molecule has 130 valence electrons. The van der Waals surface area contributed by atoms with Crippen molar-refractivity contribution in [3.8, 4) is 0 Å². The molecule has 8 heteroatoms. The van der Waals surface area contributed by atoms with Gasteiger partial charge in [0.1, 0.15) is 0 Å². The molecule has 2 amide bonds. The van der Waals surface area contributed by atoms with Crippen LogP contribution >= 0.6 is 39.7 Å². The summed E-state index contributed by atoms with van der Waals surface area (Å²) in [4.78, 5) is 27.6. The van der Waals surface area contributed by atoms with Gasteiger partial charge in [0, 0.05) is 31.1 Å². The molecule has 1 saturated heterocycles. The van der Waals surface area contributed by atoms with Crippen molar-refractivity contribution in [2.45, 2.75) is 25.7 Å². The van der Waals surface area contributed by atoms with E-state index in [0.717, 1.165) is 28.0 Å². The highest BCUT2D eigenvalue weighted by Crippen LogP contribution is 2.30. The third-order valence-corrected chi connectivity index (χ3v) is 5.74. The molecule has 0 aromatic carbocycles. The number of piperidine rings is 1.